The minimum atomic E-state index is -0.583. The number of rotatable bonds is 8. The Morgan fingerprint density at radius 3 is 2.44 bits per heavy atom. The number of carbonyl (C=O) groups is 1. The van der Waals surface area contributed by atoms with Crippen LogP contribution in [0.4, 0.5) is 0 Å². The third-order valence-electron chi connectivity index (χ3n) is 2.78. The number of nitrogens with one attached hydrogen (secondary N) is 1. The summed E-state index contributed by atoms with van der Waals surface area (Å²) in [6, 6.07) is 0. The van der Waals surface area contributed by atoms with Crippen LogP contribution in [0.25, 0.3) is 0 Å². The maximum atomic E-state index is 11.4. The number of carbonyl (C=O) groups excluding carboxylic acids is 1. The second-order valence-electron chi connectivity index (χ2n) is 5.13. The summed E-state index contributed by atoms with van der Waals surface area (Å²) in [5, 5.41) is 3.17. The van der Waals surface area contributed by atoms with Crippen molar-refractivity contribution in [3.63, 3.8) is 0 Å². The molecule has 0 aliphatic carbocycles. The molecule has 0 aromatic carbocycles. The Balaban J connectivity index is 4.17. The van der Waals surface area contributed by atoms with Gasteiger partial charge in [0.25, 0.3) is 0 Å². The Bertz CT molecular complexity index is 218. The number of hydrogen-bond acceptors (Lipinski definition) is 3. The zero-order chi connectivity index (χ0) is 12.8. The Kier molecular flexibility index (Phi) is 6.60. The molecule has 4 nitrogen and oxygen atoms in total. The minimum absolute atomic E-state index is 0.271. The van der Waals surface area contributed by atoms with Crippen LogP contribution < -0.4 is 11.1 Å². The second-order valence-corrected chi connectivity index (χ2v) is 5.13. The third kappa shape index (κ3) is 5.47. The normalized spacial score (nSPS) is 15.4. The predicted octanol–water partition coefficient (Wildman–Crippen LogP) is 0.818. The molecule has 4 heteroatoms. The Morgan fingerprint density at radius 2 is 2.06 bits per heavy atom. The summed E-state index contributed by atoms with van der Waals surface area (Å²) < 4.78 is 0. The molecule has 1 unspecified atom stereocenters. The molecule has 0 aliphatic heterocycles. The second kappa shape index (κ2) is 6.86. The number of primary amides is 1. The Labute approximate surface area is 99.6 Å². The standard InChI is InChI=1S/C12H27N3O/c1-6-14-12(4,11(13)16)7-8-15(5)9-10(2)3/h10,14H,6-9H2,1-5H3,(H2,13,16). The van der Waals surface area contributed by atoms with Gasteiger partial charge in [-0.05, 0) is 32.9 Å². The van der Waals surface area contributed by atoms with E-state index in [2.05, 4.69) is 31.1 Å². The Morgan fingerprint density at radius 1 is 1.50 bits per heavy atom. The zero-order valence-electron chi connectivity index (χ0n) is 11.3. The van der Waals surface area contributed by atoms with Gasteiger partial charge in [-0.15, -0.1) is 0 Å². The van der Waals surface area contributed by atoms with Crippen molar-refractivity contribution in [1.82, 2.24) is 10.2 Å². The van der Waals surface area contributed by atoms with Gasteiger partial charge < -0.3 is 16.0 Å². The van der Waals surface area contributed by atoms with Gasteiger partial charge in [0.15, 0.2) is 0 Å². The highest BCUT2D eigenvalue weighted by atomic mass is 16.1. The molecule has 0 heterocycles. The van der Waals surface area contributed by atoms with E-state index in [-0.39, 0.29) is 5.91 Å². The van der Waals surface area contributed by atoms with E-state index in [0.717, 1.165) is 26.1 Å². The molecular formula is C12H27N3O. The van der Waals surface area contributed by atoms with Gasteiger partial charge in [0.05, 0.1) is 5.54 Å². The lowest BCUT2D eigenvalue weighted by Gasteiger charge is -2.29. The van der Waals surface area contributed by atoms with E-state index in [1.165, 1.54) is 0 Å². The van der Waals surface area contributed by atoms with Gasteiger partial charge in [0, 0.05) is 13.1 Å². The molecule has 0 saturated heterocycles. The monoisotopic (exact) mass is 229 g/mol. The SMILES string of the molecule is CCNC(C)(CCN(C)CC(C)C)C(N)=O. The fourth-order valence-electron chi connectivity index (χ4n) is 1.82. The van der Waals surface area contributed by atoms with Crippen molar-refractivity contribution in [2.45, 2.75) is 39.7 Å². The summed E-state index contributed by atoms with van der Waals surface area (Å²) >= 11 is 0. The Hall–Kier alpha value is -0.610. The van der Waals surface area contributed by atoms with Crippen molar-refractivity contribution in [2.24, 2.45) is 11.7 Å². The van der Waals surface area contributed by atoms with E-state index in [1.807, 2.05) is 13.8 Å². The van der Waals surface area contributed by atoms with Crippen molar-refractivity contribution in [3.8, 4) is 0 Å². The number of nitrogens with two attached hydrogens (primary N) is 1. The first kappa shape index (κ1) is 15.4. The topological polar surface area (TPSA) is 58.4 Å². The van der Waals surface area contributed by atoms with Crippen LogP contribution in [0.15, 0.2) is 0 Å². The molecule has 3 N–H and O–H groups in total. The summed E-state index contributed by atoms with van der Waals surface area (Å²) in [6.07, 6.45) is 0.749. The average molecular weight is 229 g/mol. The van der Waals surface area contributed by atoms with Crippen LogP contribution in [0.2, 0.25) is 0 Å². The predicted molar refractivity (Wildman–Crippen MR) is 68.2 cm³/mol. The van der Waals surface area contributed by atoms with Gasteiger partial charge >= 0.3 is 0 Å². The molecule has 0 saturated carbocycles. The van der Waals surface area contributed by atoms with E-state index >= 15 is 0 Å². The van der Waals surface area contributed by atoms with Crippen LogP contribution in [-0.2, 0) is 4.79 Å². The lowest BCUT2D eigenvalue weighted by molar-refractivity contribution is -0.124. The van der Waals surface area contributed by atoms with E-state index in [1.54, 1.807) is 0 Å². The van der Waals surface area contributed by atoms with Crippen LogP contribution in [0.3, 0.4) is 0 Å². The minimum Gasteiger partial charge on any atom is -0.368 e. The maximum absolute atomic E-state index is 11.4. The maximum Gasteiger partial charge on any atom is 0.237 e. The summed E-state index contributed by atoms with van der Waals surface area (Å²) in [5.74, 6) is 0.372. The molecule has 16 heavy (non-hydrogen) atoms. The van der Waals surface area contributed by atoms with Gasteiger partial charge in [-0.25, -0.2) is 0 Å². The molecule has 0 fully saturated rings. The molecule has 96 valence electrons. The molecule has 0 spiro atoms. The lowest BCUT2D eigenvalue weighted by atomic mass is 9.96. The number of hydrogen-bond donors (Lipinski definition) is 2. The van der Waals surface area contributed by atoms with Gasteiger partial charge in [-0.2, -0.15) is 0 Å². The molecule has 0 aliphatic rings. The molecule has 0 aromatic rings. The molecule has 0 aromatic heterocycles. The molecule has 0 rings (SSSR count). The quantitative estimate of drug-likeness (QED) is 0.648. The highest BCUT2D eigenvalue weighted by Gasteiger charge is 2.29. The fourth-order valence-corrected chi connectivity index (χ4v) is 1.82. The number of nitrogens with zero attached hydrogens (tertiary/aromatic N) is 1. The number of amides is 1. The summed E-state index contributed by atoms with van der Waals surface area (Å²) in [4.78, 5) is 13.6. The van der Waals surface area contributed by atoms with Crippen LogP contribution in [0, 0.1) is 5.92 Å². The molecular weight excluding hydrogens is 202 g/mol. The van der Waals surface area contributed by atoms with Crippen molar-refractivity contribution >= 4 is 5.91 Å². The first-order chi connectivity index (χ1) is 7.31. The molecule has 0 bridgehead atoms. The fraction of sp³-hybridized carbons (Fsp3) is 0.917. The zero-order valence-corrected chi connectivity index (χ0v) is 11.3. The van der Waals surface area contributed by atoms with E-state index in [0.29, 0.717) is 5.92 Å². The van der Waals surface area contributed by atoms with Gasteiger partial charge in [-0.3, -0.25) is 4.79 Å². The first-order valence-electron chi connectivity index (χ1n) is 6.05. The van der Waals surface area contributed by atoms with Crippen LogP contribution in [0.5, 0.6) is 0 Å². The average Bonchev–Trinajstić information content (AvgIpc) is 2.14. The summed E-state index contributed by atoms with van der Waals surface area (Å²) in [5.41, 5.74) is 4.84. The van der Waals surface area contributed by atoms with Crippen LogP contribution in [0.1, 0.15) is 34.1 Å². The highest BCUT2D eigenvalue weighted by molar-refractivity contribution is 5.84. The van der Waals surface area contributed by atoms with E-state index < -0.39 is 5.54 Å². The van der Waals surface area contributed by atoms with Crippen molar-refractivity contribution in [2.75, 3.05) is 26.7 Å². The van der Waals surface area contributed by atoms with Gasteiger partial charge in [0.1, 0.15) is 0 Å². The molecule has 0 radical (unpaired) electrons. The highest BCUT2D eigenvalue weighted by Crippen LogP contribution is 2.10. The molecule has 1 amide bonds. The van der Waals surface area contributed by atoms with Gasteiger partial charge in [-0.1, -0.05) is 20.8 Å². The number of likely N-dealkylation sites (N-methyl/N-ethyl adjacent to an activating group) is 1. The largest absolute Gasteiger partial charge is 0.368 e. The lowest BCUT2D eigenvalue weighted by Crippen LogP contribution is -2.54. The van der Waals surface area contributed by atoms with Crippen LogP contribution in [-0.4, -0.2) is 43.0 Å². The smallest absolute Gasteiger partial charge is 0.237 e. The molecule has 1 atom stereocenters. The summed E-state index contributed by atoms with van der Waals surface area (Å²) in [6.45, 7) is 10.9. The summed E-state index contributed by atoms with van der Waals surface area (Å²) in [7, 11) is 2.08. The first-order valence-corrected chi connectivity index (χ1v) is 6.05. The van der Waals surface area contributed by atoms with Crippen LogP contribution >= 0.6 is 0 Å². The van der Waals surface area contributed by atoms with Crippen molar-refractivity contribution < 1.29 is 4.79 Å². The third-order valence-corrected chi connectivity index (χ3v) is 2.78. The van der Waals surface area contributed by atoms with E-state index in [9.17, 15) is 4.79 Å². The van der Waals surface area contributed by atoms with Crippen molar-refractivity contribution in [1.29, 1.82) is 0 Å². The van der Waals surface area contributed by atoms with E-state index in [4.69, 9.17) is 5.73 Å². The van der Waals surface area contributed by atoms with Crippen molar-refractivity contribution in [3.05, 3.63) is 0 Å². The van der Waals surface area contributed by atoms with Gasteiger partial charge in [0.2, 0.25) is 5.91 Å².